The van der Waals surface area contributed by atoms with E-state index in [9.17, 15) is 14.0 Å². The molecule has 1 unspecified atom stereocenters. The molecule has 138 valence electrons. The number of hydrogen-bond donors (Lipinski definition) is 1. The molecule has 0 aliphatic carbocycles. The number of methoxy groups -OCH3 is 1. The van der Waals surface area contributed by atoms with Gasteiger partial charge in [0.15, 0.2) is 0 Å². The zero-order chi connectivity index (χ0) is 18.6. The third-order valence-electron chi connectivity index (χ3n) is 4.56. The van der Waals surface area contributed by atoms with E-state index in [4.69, 9.17) is 4.74 Å². The Morgan fingerprint density at radius 3 is 2.81 bits per heavy atom. The van der Waals surface area contributed by atoms with Crippen LogP contribution < -0.4 is 5.32 Å². The Hall–Kier alpha value is -2.32. The molecular weight excluding hydrogens is 357 g/mol. The molecule has 2 amide bonds. The fraction of sp³-hybridized carbons (Fsp3) is 0.389. The van der Waals surface area contributed by atoms with E-state index >= 15 is 0 Å². The summed E-state index contributed by atoms with van der Waals surface area (Å²) in [5.74, 6) is -0.817. The van der Waals surface area contributed by atoms with Crippen molar-refractivity contribution in [1.82, 2.24) is 15.2 Å². The van der Waals surface area contributed by atoms with Gasteiger partial charge in [0.1, 0.15) is 11.5 Å². The molecule has 0 saturated carbocycles. The Labute approximate surface area is 155 Å². The third kappa shape index (κ3) is 4.08. The SMILES string of the molecule is COCCC1(NC(=O)c2ccc(F)cc2)CCN(C(=O)c2cscn2)C1. The van der Waals surface area contributed by atoms with Gasteiger partial charge >= 0.3 is 0 Å². The molecule has 1 atom stereocenters. The van der Waals surface area contributed by atoms with Crippen LogP contribution in [0.4, 0.5) is 4.39 Å². The summed E-state index contributed by atoms with van der Waals surface area (Å²) in [6, 6.07) is 5.40. The molecule has 1 N–H and O–H groups in total. The number of carbonyl (C=O) groups is 2. The lowest BCUT2D eigenvalue weighted by Gasteiger charge is -2.30. The number of likely N-dealkylation sites (tertiary alicyclic amines) is 1. The molecular formula is C18H20FN3O3S. The van der Waals surface area contributed by atoms with Gasteiger partial charge in [0.2, 0.25) is 0 Å². The smallest absolute Gasteiger partial charge is 0.273 e. The Kier molecular flexibility index (Phi) is 5.63. The number of carbonyl (C=O) groups excluding carboxylic acids is 2. The first-order chi connectivity index (χ1) is 12.5. The van der Waals surface area contributed by atoms with E-state index in [1.54, 1.807) is 22.9 Å². The van der Waals surface area contributed by atoms with Gasteiger partial charge in [-0.1, -0.05) is 0 Å². The molecule has 8 heteroatoms. The Morgan fingerprint density at radius 2 is 2.15 bits per heavy atom. The van der Waals surface area contributed by atoms with Crippen LogP contribution in [0, 0.1) is 5.82 Å². The normalized spacial score (nSPS) is 19.5. The van der Waals surface area contributed by atoms with E-state index in [1.165, 1.54) is 35.6 Å². The highest BCUT2D eigenvalue weighted by molar-refractivity contribution is 7.07. The topological polar surface area (TPSA) is 71.5 Å². The van der Waals surface area contributed by atoms with E-state index in [-0.39, 0.29) is 11.8 Å². The van der Waals surface area contributed by atoms with Gasteiger partial charge in [0.25, 0.3) is 11.8 Å². The van der Waals surface area contributed by atoms with Crippen molar-refractivity contribution in [2.45, 2.75) is 18.4 Å². The zero-order valence-electron chi connectivity index (χ0n) is 14.4. The number of nitrogens with one attached hydrogen (secondary N) is 1. The molecule has 3 rings (SSSR count). The van der Waals surface area contributed by atoms with Crippen molar-refractivity contribution in [1.29, 1.82) is 0 Å². The van der Waals surface area contributed by atoms with E-state index in [1.807, 2.05) is 0 Å². The average Bonchev–Trinajstić information content (AvgIpc) is 3.31. The second kappa shape index (κ2) is 7.92. The highest BCUT2D eigenvalue weighted by Crippen LogP contribution is 2.27. The van der Waals surface area contributed by atoms with Crippen LogP contribution in [-0.2, 0) is 4.74 Å². The molecule has 0 radical (unpaired) electrons. The molecule has 2 heterocycles. The highest BCUT2D eigenvalue weighted by Gasteiger charge is 2.41. The Morgan fingerprint density at radius 1 is 1.38 bits per heavy atom. The summed E-state index contributed by atoms with van der Waals surface area (Å²) in [6.45, 7) is 1.38. The van der Waals surface area contributed by atoms with Gasteiger partial charge in [-0.15, -0.1) is 11.3 Å². The lowest BCUT2D eigenvalue weighted by atomic mass is 9.94. The summed E-state index contributed by atoms with van der Waals surface area (Å²) in [6.07, 6.45) is 1.20. The quantitative estimate of drug-likeness (QED) is 0.839. The van der Waals surface area contributed by atoms with Crippen LogP contribution in [0.3, 0.4) is 0 Å². The lowest BCUT2D eigenvalue weighted by molar-refractivity contribution is 0.0743. The van der Waals surface area contributed by atoms with Crippen molar-refractivity contribution in [3.8, 4) is 0 Å². The number of rotatable bonds is 6. The number of ether oxygens (including phenoxy) is 1. The number of thiazole rings is 1. The molecule has 1 aromatic heterocycles. The molecule has 1 aliphatic rings. The van der Waals surface area contributed by atoms with Crippen molar-refractivity contribution in [3.63, 3.8) is 0 Å². The summed E-state index contributed by atoms with van der Waals surface area (Å²) in [5.41, 5.74) is 1.85. The highest BCUT2D eigenvalue weighted by atomic mass is 32.1. The van der Waals surface area contributed by atoms with Gasteiger partial charge in [-0.25, -0.2) is 9.37 Å². The van der Waals surface area contributed by atoms with Crippen molar-refractivity contribution in [2.24, 2.45) is 0 Å². The summed E-state index contributed by atoms with van der Waals surface area (Å²) < 4.78 is 18.3. The number of nitrogens with zero attached hydrogens (tertiary/aromatic N) is 2. The molecule has 1 saturated heterocycles. The minimum Gasteiger partial charge on any atom is -0.385 e. The molecule has 0 spiro atoms. The maximum absolute atomic E-state index is 13.1. The number of aromatic nitrogens is 1. The molecule has 1 aliphatic heterocycles. The third-order valence-corrected chi connectivity index (χ3v) is 5.15. The van der Waals surface area contributed by atoms with Crippen LogP contribution in [0.1, 0.15) is 33.7 Å². The number of halogens is 1. The second-order valence-electron chi connectivity index (χ2n) is 6.33. The zero-order valence-corrected chi connectivity index (χ0v) is 15.2. The van der Waals surface area contributed by atoms with E-state index in [2.05, 4.69) is 10.3 Å². The van der Waals surface area contributed by atoms with Crippen molar-refractivity contribution >= 4 is 23.2 Å². The van der Waals surface area contributed by atoms with Crippen LogP contribution in [0.25, 0.3) is 0 Å². The minimum atomic E-state index is -0.576. The molecule has 0 bridgehead atoms. The fourth-order valence-corrected chi connectivity index (χ4v) is 3.63. The van der Waals surface area contributed by atoms with Crippen LogP contribution in [0.5, 0.6) is 0 Å². The molecule has 1 aromatic carbocycles. The first-order valence-electron chi connectivity index (χ1n) is 8.27. The van der Waals surface area contributed by atoms with Gasteiger partial charge in [0, 0.05) is 37.7 Å². The second-order valence-corrected chi connectivity index (χ2v) is 7.05. The predicted molar refractivity (Wildman–Crippen MR) is 95.7 cm³/mol. The molecule has 26 heavy (non-hydrogen) atoms. The van der Waals surface area contributed by atoms with Crippen molar-refractivity contribution in [2.75, 3.05) is 26.8 Å². The van der Waals surface area contributed by atoms with Crippen molar-refractivity contribution < 1.29 is 18.7 Å². The van der Waals surface area contributed by atoms with Gasteiger partial charge < -0.3 is 15.0 Å². The largest absolute Gasteiger partial charge is 0.385 e. The summed E-state index contributed by atoms with van der Waals surface area (Å²) in [4.78, 5) is 30.9. The maximum atomic E-state index is 13.1. The first-order valence-corrected chi connectivity index (χ1v) is 9.22. The fourth-order valence-electron chi connectivity index (χ4n) is 3.11. The predicted octanol–water partition coefficient (Wildman–Crippen LogP) is 2.33. The van der Waals surface area contributed by atoms with Crippen LogP contribution >= 0.6 is 11.3 Å². The van der Waals surface area contributed by atoms with E-state index in [0.29, 0.717) is 43.8 Å². The number of benzene rings is 1. The van der Waals surface area contributed by atoms with Crippen LogP contribution in [0.2, 0.25) is 0 Å². The number of hydrogen-bond acceptors (Lipinski definition) is 5. The van der Waals surface area contributed by atoms with E-state index in [0.717, 1.165) is 0 Å². The average molecular weight is 377 g/mol. The van der Waals surface area contributed by atoms with Crippen LogP contribution in [0.15, 0.2) is 35.2 Å². The molecule has 1 fully saturated rings. The monoisotopic (exact) mass is 377 g/mol. The summed E-state index contributed by atoms with van der Waals surface area (Å²) >= 11 is 1.37. The minimum absolute atomic E-state index is 0.137. The van der Waals surface area contributed by atoms with Gasteiger partial charge in [0.05, 0.1) is 11.0 Å². The first kappa shape index (κ1) is 18.5. The lowest BCUT2D eigenvalue weighted by Crippen LogP contribution is -2.51. The van der Waals surface area contributed by atoms with Gasteiger partial charge in [-0.05, 0) is 37.1 Å². The van der Waals surface area contributed by atoms with E-state index < -0.39 is 11.4 Å². The van der Waals surface area contributed by atoms with Gasteiger partial charge in [-0.2, -0.15) is 0 Å². The van der Waals surface area contributed by atoms with Crippen molar-refractivity contribution in [3.05, 3.63) is 52.2 Å². The van der Waals surface area contributed by atoms with Gasteiger partial charge in [-0.3, -0.25) is 9.59 Å². The maximum Gasteiger partial charge on any atom is 0.273 e. The standard InChI is InChI=1S/C18H20FN3O3S/c1-25-9-7-18(21-16(23)13-2-4-14(19)5-3-13)6-8-22(11-18)17(24)15-10-26-12-20-15/h2-5,10,12H,6-9,11H2,1H3,(H,21,23). The Bertz CT molecular complexity index is 766. The molecule has 6 nitrogen and oxygen atoms in total. The summed E-state index contributed by atoms with van der Waals surface area (Å²) in [5, 5.41) is 4.76. The number of amides is 2. The Balaban J connectivity index is 1.74. The summed E-state index contributed by atoms with van der Waals surface area (Å²) in [7, 11) is 1.60. The van der Waals surface area contributed by atoms with Crippen LogP contribution in [-0.4, -0.2) is 54.0 Å². The molecule has 2 aromatic rings.